The number of methoxy groups -OCH3 is 2. The Morgan fingerprint density at radius 2 is 1.75 bits per heavy atom. The maximum Gasteiger partial charge on any atom is 0.372 e. The molecule has 3 rings (SSSR count). The maximum atomic E-state index is 11.2. The van der Waals surface area contributed by atoms with Crippen LogP contribution in [0.1, 0.15) is 27.2 Å². The first-order chi connectivity index (χ1) is 11.6. The SMILES string of the molecule is COc1cc2c(cc1OC)CCN(Cc1ccoc1C(=O)O)CC2. The molecule has 0 atom stereocenters. The molecule has 0 aliphatic carbocycles. The molecule has 0 unspecified atom stereocenters. The fourth-order valence-corrected chi connectivity index (χ4v) is 3.14. The lowest BCUT2D eigenvalue weighted by Crippen LogP contribution is -2.26. The minimum Gasteiger partial charge on any atom is -0.493 e. The molecule has 24 heavy (non-hydrogen) atoms. The summed E-state index contributed by atoms with van der Waals surface area (Å²) >= 11 is 0. The van der Waals surface area contributed by atoms with Gasteiger partial charge in [-0.2, -0.15) is 0 Å². The Morgan fingerprint density at radius 3 is 2.25 bits per heavy atom. The first kappa shape index (κ1) is 16.4. The molecular weight excluding hydrogens is 310 g/mol. The van der Waals surface area contributed by atoms with Gasteiger partial charge in [0.1, 0.15) is 0 Å². The second-order valence-electron chi connectivity index (χ2n) is 5.83. The molecule has 1 aromatic heterocycles. The highest BCUT2D eigenvalue weighted by Gasteiger charge is 2.20. The van der Waals surface area contributed by atoms with Crippen LogP contribution < -0.4 is 9.47 Å². The fourth-order valence-electron chi connectivity index (χ4n) is 3.14. The van der Waals surface area contributed by atoms with E-state index in [1.165, 1.54) is 17.4 Å². The van der Waals surface area contributed by atoms with E-state index in [1.807, 2.05) is 12.1 Å². The number of hydrogen-bond acceptors (Lipinski definition) is 5. The summed E-state index contributed by atoms with van der Waals surface area (Å²) in [5.74, 6) is 0.489. The quantitative estimate of drug-likeness (QED) is 0.908. The molecule has 0 radical (unpaired) electrons. The van der Waals surface area contributed by atoms with Crippen LogP contribution >= 0.6 is 0 Å². The summed E-state index contributed by atoms with van der Waals surface area (Å²) in [6.45, 7) is 2.28. The van der Waals surface area contributed by atoms with Crippen LogP contribution in [-0.2, 0) is 19.4 Å². The average Bonchev–Trinajstić information content (AvgIpc) is 2.96. The van der Waals surface area contributed by atoms with Gasteiger partial charge in [-0.3, -0.25) is 4.90 Å². The summed E-state index contributed by atoms with van der Waals surface area (Å²) in [5, 5.41) is 9.16. The Morgan fingerprint density at radius 1 is 1.17 bits per heavy atom. The Labute approximate surface area is 140 Å². The molecule has 1 aliphatic rings. The van der Waals surface area contributed by atoms with Gasteiger partial charge in [-0.25, -0.2) is 4.79 Å². The molecule has 0 amide bonds. The van der Waals surface area contributed by atoms with E-state index in [1.54, 1.807) is 20.3 Å². The topological polar surface area (TPSA) is 72.1 Å². The van der Waals surface area contributed by atoms with Gasteiger partial charge in [0.2, 0.25) is 5.76 Å². The first-order valence-electron chi connectivity index (χ1n) is 7.88. The molecule has 2 aromatic rings. The van der Waals surface area contributed by atoms with Crippen molar-refractivity contribution in [2.45, 2.75) is 19.4 Å². The zero-order chi connectivity index (χ0) is 17.1. The number of hydrogen-bond donors (Lipinski definition) is 1. The van der Waals surface area contributed by atoms with Crippen molar-refractivity contribution in [3.8, 4) is 11.5 Å². The number of benzene rings is 1. The summed E-state index contributed by atoms with van der Waals surface area (Å²) in [5.41, 5.74) is 3.21. The highest BCUT2D eigenvalue weighted by molar-refractivity contribution is 5.86. The smallest absolute Gasteiger partial charge is 0.372 e. The number of nitrogens with zero attached hydrogens (tertiary/aromatic N) is 1. The highest BCUT2D eigenvalue weighted by atomic mass is 16.5. The summed E-state index contributed by atoms with van der Waals surface area (Å²) in [4.78, 5) is 13.4. The molecular formula is C18H21NO5. The lowest BCUT2D eigenvalue weighted by Gasteiger charge is -2.19. The van der Waals surface area contributed by atoms with E-state index >= 15 is 0 Å². The predicted octanol–water partition coefficient (Wildman–Crippen LogP) is 2.60. The molecule has 128 valence electrons. The van der Waals surface area contributed by atoms with Gasteiger partial charge in [0.15, 0.2) is 11.5 Å². The molecule has 1 aromatic carbocycles. The van der Waals surface area contributed by atoms with Crippen molar-refractivity contribution in [3.63, 3.8) is 0 Å². The van der Waals surface area contributed by atoms with E-state index in [9.17, 15) is 4.79 Å². The van der Waals surface area contributed by atoms with E-state index in [4.69, 9.17) is 19.0 Å². The average molecular weight is 331 g/mol. The fraction of sp³-hybridized carbons (Fsp3) is 0.389. The Kier molecular flexibility index (Phi) is 4.76. The molecule has 1 N–H and O–H groups in total. The zero-order valence-corrected chi connectivity index (χ0v) is 13.9. The number of carboxylic acids is 1. The van der Waals surface area contributed by atoms with Gasteiger partial charge in [-0.05, 0) is 42.2 Å². The normalized spacial score (nSPS) is 14.8. The minimum absolute atomic E-state index is 0.0279. The summed E-state index contributed by atoms with van der Waals surface area (Å²) in [6, 6.07) is 5.81. The van der Waals surface area contributed by atoms with Gasteiger partial charge in [0.05, 0.1) is 20.5 Å². The molecule has 0 bridgehead atoms. The third-order valence-electron chi connectivity index (χ3n) is 4.44. The monoisotopic (exact) mass is 331 g/mol. The molecule has 6 heteroatoms. The predicted molar refractivity (Wildman–Crippen MR) is 87.9 cm³/mol. The summed E-state index contributed by atoms with van der Waals surface area (Å²) in [7, 11) is 3.28. The summed E-state index contributed by atoms with van der Waals surface area (Å²) in [6.07, 6.45) is 3.20. The van der Waals surface area contributed by atoms with Crippen LogP contribution in [0.5, 0.6) is 11.5 Å². The minimum atomic E-state index is -1.03. The van der Waals surface area contributed by atoms with Crippen LogP contribution in [-0.4, -0.2) is 43.3 Å². The van der Waals surface area contributed by atoms with Gasteiger partial charge in [0.25, 0.3) is 0 Å². The number of fused-ring (bicyclic) bond motifs is 1. The largest absolute Gasteiger partial charge is 0.493 e. The molecule has 0 saturated carbocycles. The second kappa shape index (κ2) is 6.97. The second-order valence-corrected chi connectivity index (χ2v) is 5.83. The Balaban J connectivity index is 1.76. The van der Waals surface area contributed by atoms with E-state index in [2.05, 4.69) is 4.90 Å². The van der Waals surface area contributed by atoms with E-state index in [-0.39, 0.29) is 5.76 Å². The number of ether oxygens (including phenoxy) is 2. The van der Waals surface area contributed by atoms with Crippen LogP contribution in [0.15, 0.2) is 28.9 Å². The maximum absolute atomic E-state index is 11.2. The van der Waals surface area contributed by atoms with Crippen LogP contribution in [0, 0.1) is 0 Å². The third kappa shape index (κ3) is 3.23. The van der Waals surface area contributed by atoms with Gasteiger partial charge in [-0.15, -0.1) is 0 Å². The van der Waals surface area contributed by atoms with Crippen LogP contribution in [0.25, 0.3) is 0 Å². The number of rotatable bonds is 5. The van der Waals surface area contributed by atoms with Crippen LogP contribution in [0.3, 0.4) is 0 Å². The lowest BCUT2D eigenvalue weighted by atomic mass is 10.0. The highest BCUT2D eigenvalue weighted by Crippen LogP contribution is 2.32. The summed E-state index contributed by atoms with van der Waals surface area (Å²) < 4.78 is 15.8. The van der Waals surface area contributed by atoms with Crippen molar-refractivity contribution in [1.82, 2.24) is 4.90 Å². The third-order valence-corrected chi connectivity index (χ3v) is 4.44. The van der Waals surface area contributed by atoms with Crippen molar-refractivity contribution in [2.75, 3.05) is 27.3 Å². The van der Waals surface area contributed by atoms with E-state index in [0.717, 1.165) is 37.4 Å². The number of aromatic carboxylic acids is 1. The van der Waals surface area contributed by atoms with E-state index < -0.39 is 5.97 Å². The van der Waals surface area contributed by atoms with Gasteiger partial charge >= 0.3 is 5.97 Å². The molecule has 0 spiro atoms. The van der Waals surface area contributed by atoms with Crippen molar-refractivity contribution >= 4 is 5.97 Å². The Bertz CT molecular complexity index is 702. The van der Waals surface area contributed by atoms with Crippen LogP contribution in [0.4, 0.5) is 0 Å². The number of carbonyl (C=O) groups is 1. The van der Waals surface area contributed by atoms with Crippen molar-refractivity contribution in [2.24, 2.45) is 0 Å². The molecule has 0 fully saturated rings. The molecule has 0 saturated heterocycles. The number of furan rings is 1. The van der Waals surface area contributed by atoms with Gasteiger partial charge in [0, 0.05) is 25.2 Å². The standard InChI is InChI=1S/C18H21NO5/c1-22-15-9-12-3-6-19(7-4-13(12)10-16(15)23-2)11-14-5-8-24-17(14)18(20)21/h5,8-10H,3-4,6-7,11H2,1-2H3,(H,20,21). The van der Waals surface area contributed by atoms with Crippen molar-refractivity contribution in [3.05, 3.63) is 46.9 Å². The lowest BCUT2D eigenvalue weighted by molar-refractivity contribution is 0.0659. The van der Waals surface area contributed by atoms with Crippen molar-refractivity contribution < 1.29 is 23.8 Å². The van der Waals surface area contributed by atoms with Gasteiger partial charge < -0.3 is 19.0 Å². The van der Waals surface area contributed by atoms with Gasteiger partial charge in [-0.1, -0.05) is 0 Å². The molecule has 6 nitrogen and oxygen atoms in total. The first-order valence-corrected chi connectivity index (χ1v) is 7.88. The van der Waals surface area contributed by atoms with Crippen LogP contribution in [0.2, 0.25) is 0 Å². The number of carboxylic acid groups (broad SMARTS) is 1. The van der Waals surface area contributed by atoms with E-state index in [0.29, 0.717) is 12.1 Å². The molecule has 2 heterocycles. The Hall–Kier alpha value is -2.47. The molecule has 1 aliphatic heterocycles. The van der Waals surface area contributed by atoms with Crippen molar-refractivity contribution in [1.29, 1.82) is 0 Å². The zero-order valence-electron chi connectivity index (χ0n) is 13.9.